The van der Waals surface area contributed by atoms with E-state index in [9.17, 15) is 52.7 Å². The summed E-state index contributed by atoms with van der Waals surface area (Å²) in [4.78, 5) is 137. The van der Waals surface area contributed by atoms with Gasteiger partial charge in [0.1, 0.15) is 38.1 Å². The summed E-state index contributed by atoms with van der Waals surface area (Å²) in [7, 11) is 0. The van der Waals surface area contributed by atoms with Crippen LogP contribution in [-0.4, -0.2) is 178 Å². The van der Waals surface area contributed by atoms with Crippen LogP contribution < -0.4 is 0 Å². The van der Waals surface area contributed by atoms with Gasteiger partial charge >= 0.3 is 65.7 Å². The molecule has 3 saturated heterocycles. The van der Waals surface area contributed by atoms with Crippen molar-refractivity contribution >= 4 is 65.7 Å². The van der Waals surface area contributed by atoms with Crippen molar-refractivity contribution in [2.75, 3.05) is 26.4 Å². The first-order chi connectivity index (χ1) is 31.2. The van der Waals surface area contributed by atoms with E-state index in [0.717, 1.165) is 76.2 Å². The van der Waals surface area contributed by atoms with E-state index in [-0.39, 0.29) is 0 Å². The van der Waals surface area contributed by atoms with Gasteiger partial charge in [-0.25, -0.2) is 0 Å². The first kappa shape index (κ1) is 55.3. The van der Waals surface area contributed by atoms with Crippen molar-refractivity contribution in [3.05, 3.63) is 0 Å². The standard InChI is InChI=1S/C40H54O27/c1-16(41)52-12-27-30(56-19(4)44)33(59-22(7)47)35(61-24(9)49)38(64-27)54-13-28-31(57-20(5)45)34(60-23(8)48)36(62-25(10)50)39(65-28)67-40(15-55-18(3)43)37(63-26(11)51)32(58-21(6)46)29(66-40)14-53-17(2)42/h27-39H,12-15H2,1-11H3/t27?,28?,29-,30+,31-,32-,33+,34+,35?,36?,37-,38+,39+,40+/m1/s1. The minimum absolute atomic E-state index is 0.650. The number of hydrogen-bond acceptors (Lipinski definition) is 27. The molecule has 3 aliphatic heterocycles. The molecular formula is C40H54O27. The van der Waals surface area contributed by atoms with Gasteiger partial charge in [-0.1, -0.05) is 0 Å². The maximum atomic E-state index is 12.8. The van der Waals surface area contributed by atoms with E-state index in [4.69, 9.17) is 75.8 Å². The van der Waals surface area contributed by atoms with E-state index in [1.54, 1.807) is 0 Å². The molecule has 0 radical (unpaired) electrons. The normalized spacial score (nSPS) is 31.1. The summed E-state index contributed by atoms with van der Waals surface area (Å²) >= 11 is 0. The molecule has 3 heterocycles. The Bertz CT molecular complexity index is 1860. The lowest BCUT2D eigenvalue weighted by Crippen LogP contribution is -2.66. The van der Waals surface area contributed by atoms with Gasteiger partial charge in [0.05, 0.1) is 6.61 Å². The summed E-state index contributed by atoms with van der Waals surface area (Å²) in [6, 6.07) is 0. The molecule has 0 N–H and O–H groups in total. The molecular weight excluding hydrogens is 912 g/mol. The molecule has 4 unspecified atom stereocenters. The topological polar surface area (TPSA) is 335 Å². The maximum Gasteiger partial charge on any atom is 0.303 e. The highest BCUT2D eigenvalue weighted by atomic mass is 16.8. The average molecular weight is 967 g/mol. The van der Waals surface area contributed by atoms with Crippen LogP contribution in [0.15, 0.2) is 0 Å². The summed E-state index contributed by atoms with van der Waals surface area (Å²) in [5.74, 6) is -13.3. The van der Waals surface area contributed by atoms with Crippen LogP contribution in [0.1, 0.15) is 76.2 Å². The summed E-state index contributed by atoms with van der Waals surface area (Å²) < 4.78 is 90.3. The van der Waals surface area contributed by atoms with Gasteiger partial charge in [-0.2, -0.15) is 0 Å². The molecule has 3 aliphatic rings. The van der Waals surface area contributed by atoms with Crippen LogP contribution in [0.3, 0.4) is 0 Å². The summed E-state index contributed by atoms with van der Waals surface area (Å²) in [6.45, 7) is 7.51. The van der Waals surface area contributed by atoms with Gasteiger partial charge in [0, 0.05) is 76.2 Å². The van der Waals surface area contributed by atoms with Gasteiger partial charge in [-0.05, 0) is 0 Å². The fourth-order valence-corrected chi connectivity index (χ4v) is 7.07. The number of carbonyl (C=O) groups excluding carboxylic acids is 11. The second-order valence-corrected chi connectivity index (χ2v) is 14.9. The van der Waals surface area contributed by atoms with Gasteiger partial charge in [0.25, 0.3) is 0 Å². The van der Waals surface area contributed by atoms with Crippen molar-refractivity contribution < 1.29 is 129 Å². The molecule has 27 heteroatoms. The smallest absolute Gasteiger partial charge is 0.303 e. The number of carbonyl (C=O) groups is 11. The third kappa shape index (κ3) is 16.4. The number of rotatable bonds is 19. The second kappa shape index (κ2) is 24.7. The first-order valence-corrected chi connectivity index (χ1v) is 20.3. The fourth-order valence-electron chi connectivity index (χ4n) is 7.07. The molecule has 0 aromatic heterocycles. The molecule has 0 amide bonds. The zero-order chi connectivity index (χ0) is 50.5. The molecule has 0 aliphatic carbocycles. The summed E-state index contributed by atoms with van der Waals surface area (Å²) in [5.41, 5.74) is 0. The number of hydrogen-bond donors (Lipinski definition) is 0. The zero-order valence-electron chi connectivity index (χ0n) is 38.4. The first-order valence-electron chi connectivity index (χ1n) is 20.3. The fraction of sp³-hybridized carbons (Fsp3) is 0.725. The largest absolute Gasteiger partial charge is 0.463 e. The van der Waals surface area contributed by atoms with Crippen LogP contribution in [0.2, 0.25) is 0 Å². The van der Waals surface area contributed by atoms with Crippen molar-refractivity contribution in [3.8, 4) is 0 Å². The van der Waals surface area contributed by atoms with Crippen molar-refractivity contribution in [2.45, 2.75) is 162 Å². The predicted octanol–water partition coefficient (Wildman–Crippen LogP) is -1.29. The molecule has 67 heavy (non-hydrogen) atoms. The molecule has 0 bridgehead atoms. The van der Waals surface area contributed by atoms with E-state index >= 15 is 0 Å². The van der Waals surface area contributed by atoms with E-state index in [1.165, 1.54) is 0 Å². The lowest BCUT2D eigenvalue weighted by Gasteiger charge is -2.47. The Morgan fingerprint density at radius 2 is 0.701 bits per heavy atom. The van der Waals surface area contributed by atoms with E-state index in [1.807, 2.05) is 0 Å². The number of ether oxygens (including phenoxy) is 16. The quantitative estimate of drug-likeness (QED) is 0.107. The summed E-state index contributed by atoms with van der Waals surface area (Å²) in [5, 5.41) is 0. The third-order valence-electron chi connectivity index (χ3n) is 9.16. The van der Waals surface area contributed by atoms with Gasteiger partial charge in [0.15, 0.2) is 55.1 Å². The second-order valence-electron chi connectivity index (χ2n) is 14.9. The van der Waals surface area contributed by atoms with Crippen molar-refractivity contribution in [3.63, 3.8) is 0 Å². The molecule has 0 aromatic carbocycles. The Morgan fingerprint density at radius 3 is 1.12 bits per heavy atom. The molecule has 27 nitrogen and oxygen atoms in total. The Hall–Kier alpha value is -6.03. The Kier molecular flexibility index (Phi) is 20.3. The summed E-state index contributed by atoms with van der Waals surface area (Å²) in [6.07, 6.45) is -23.3. The molecule has 3 fully saturated rings. The van der Waals surface area contributed by atoms with E-state index < -0.39 is 178 Å². The van der Waals surface area contributed by atoms with Crippen LogP contribution in [0.25, 0.3) is 0 Å². The van der Waals surface area contributed by atoms with Gasteiger partial charge < -0.3 is 75.8 Å². The lowest BCUT2D eigenvalue weighted by atomic mass is 9.97. The zero-order valence-corrected chi connectivity index (χ0v) is 38.4. The van der Waals surface area contributed by atoms with E-state index in [0.29, 0.717) is 0 Å². The van der Waals surface area contributed by atoms with E-state index in [2.05, 4.69) is 0 Å². The number of esters is 11. The van der Waals surface area contributed by atoms with Crippen LogP contribution in [0.4, 0.5) is 0 Å². The molecule has 0 spiro atoms. The molecule has 0 aromatic rings. The van der Waals surface area contributed by atoms with Gasteiger partial charge in [0.2, 0.25) is 12.1 Å². The highest BCUT2D eigenvalue weighted by Crippen LogP contribution is 2.42. The molecule has 0 saturated carbocycles. The predicted molar refractivity (Wildman–Crippen MR) is 206 cm³/mol. The van der Waals surface area contributed by atoms with Crippen molar-refractivity contribution in [2.24, 2.45) is 0 Å². The lowest BCUT2D eigenvalue weighted by molar-refractivity contribution is -0.388. The highest BCUT2D eigenvalue weighted by molar-refractivity contribution is 5.71. The van der Waals surface area contributed by atoms with Crippen molar-refractivity contribution in [1.82, 2.24) is 0 Å². The maximum absolute atomic E-state index is 12.8. The molecule has 14 atom stereocenters. The molecule has 376 valence electrons. The highest BCUT2D eigenvalue weighted by Gasteiger charge is 2.65. The Labute approximate surface area is 382 Å². The van der Waals surface area contributed by atoms with Crippen LogP contribution in [-0.2, 0) is 129 Å². The Morgan fingerprint density at radius 1 is 0.358 bits per heavy atom. The monoisotopic (exact) mass is 966 g/mol. The Balaban J connectivity index is 2.28. The van der Waals surface area contributed by atoms with Gasteiger partial charge in [-0.15, -0.1) is 0 Å². The minimum Gasteiger partial charge on any atom is -0.463 e. The SMILES string of the molecule is CC(=O)OCC1O[C@H](OCC2O[C@@H](O[C@]3(COC(C)=O)O[C@H](COC(C)=O)[C@@H](OC(C)=O)[C@H]3OC(C)=O)C(OC(C)=O)[C@@H](OC(C)=O)[C@@H]2OC(C)=O)C(OC(C)=O)[C@@H](OC(C)=O)[C@H]1OC(C)=O. The van der Waals surface area contributed by atoms with Crippen LogP contribution in [0, 0.1) is 0 Å². The molecule has 3 rings (SSSR count). The minimum atomic E-state index is -2.66. The van der Waals surface area contributed by atoms with Crippen molar-refractivity contribution in [1.29, 1.82) is 0 Å². The van der Waals surface area contributed by atoms with Crippen LogP contribution in [0.5, 0.6) is 0 Å². The average Bonchev–Trinajstić information content (AvgIpc) is 3.44. The van der Waals surface area contributed by atoms with Gasteiger partial charge in [-0.3, -0.25) is 52.7 Å². The van der Waals surface area contributed by atoms with Crippen LogP contribution >= 0.6 is 0 Å². The third-order valence-corrected chi connectivity index (χ3v) is 9.16.